The zero-order valence-corrected chi connectivity index (χ0v) is 64.7. The molecule has 0 saturated carbocycles. The van der Waals surface area contributed by atoms with Crippen LogP contribution < -0.4 is 0 Å². The van der Waals surface area contributed by atoms with Gasteiger partial charge in [-0.15, -0.1) is 0 Å². The van der Waals surface area contributed by atoms with E-state index in [0.717, 1.165) is 217 Å². The number of fused-ring (bicyclic) bond motifs is 15. The van der Waals surface area contributed by atoms with Gasteiger partial charge >= 0.3 is 0 Å². The standard InChI is InChI=1S/C37H24N2O.2C36H23N3O/c1-4-13-25(14-5-1)30-20-12-22-33(38-30)39-31-21-11-10-19-28(31)35-32(39)24-23-29-34(26-15-6-2-7-16-26)36(40-37(29)35)27-17-8-3-9-18-27;1-3-12-24(13-4-1)33-27-21-22-31-34(36(27)40-35(33)25-14-5-2-6-15-25)26-16-7-8-19-30(26)39(31)32-20-11-18-29(38-32)28-17-9-10-23-37-28;1-3-10-25(11-4-1)33-28-18-19-31-34(36(28)40-35(33)26-12-5-2-6-13-26)27-14-7-8-16-30(27)39(31)32-17-9-15-29(38-32)24-20-22-37-23-21-24/h1-24H;2*1-23H. The summed E-state index contributed by atoms with van der Waals surface area (Å²) in [5.41, 5.74) is 24.7. The summed E-state index contributed by atoms with van der Waals surface area (Å²) in [4.78, 5) is 23.9. The summed E-state index contributed by atoms with van der Waals surface area (Å²) in [6.45, 7) is 0. The van der Waals surface area contributed by atoms with E-state index in [-0.39, 0.29) is 0 Å². The second-order valence-electron chi connectivity index (χ2n) is 29.6. The van der Waals surface area contributed by atoms with E-state index in [1.165, 1.54) is 0 Å². The molecule has 0 bridgehead atoms. The van der Waals surface area contributed by atoms with Gasteiger partial charge < -0.3 is 13.3 Å². The number of rotatable bonds is 12. The molecular formula is C109H70N8O3. The molecule has 11 nitrogen and oxygen atoms in total. The second-order valence-corrected chi connectivity index (χ2v) is 29.6. The summed E-state index contributed by atoms with van der Waals surface area (Å²) < 4.78 is 27.3. The number of aromatic nitrogens is 8. The maximum absolute atomic E-state index is 6.87. The number of hydrogen-bond donors (Lipinski definition) is 0. The number of furan rings is 3. The minimum absolute atomic E-state index is 0.834. The fraction of sp³-hybridized carbons (Fsp3) is 0. The van der Waals surface area contributed by atoms with Crippen molar-refractivity contribution in [3.63, 3.8) is 0 Å². The normalized spacial score (nSPS) is 11.5. The Morgan fingerprint density at radius 1 is 0.183 bits per heavy atom. The van der Waals surface area contributed by atoms with Gasteiger partial charge in [0.1, 0.15) is 51.5 Å². The van der Waals surface area contributed by atoms with E-state index in [4.69, 9.17) is 28.2 Å². The van der Waals surface area contributed by atoms with Gasteiger partial charge in [-0.25, -0.2) is 15.0 Å². The Bertz CT molecular complexity index is 7170. The van der Waals surface area contributed by atoms with Crippen molar-refractivity contribution in [2.45, 2.75) is 0 Å². The molecule has 0 aliphatic carbocycles. The van der Waals surface area contributed by atoms with Crippen molar-refractivity contribution >= 4 is 98.3 Å². The minimum atomic E-state index is 0.834. The van der Waals surface area contributed by atoms with Crippen LogP contribution in [0, 0.1) is 0 Å². The molecule has 11 heteroatoms. The van der Waals surface area contributed by atoms with Crippen molar-refractivity contribution < 1.29 is 13.3 Å². The number of para-hydroxylation sites is 3. The van der Waals surface area contributed by atoms with Crippen LogP contribution in [-0.2, 0) is 0 Å². The topological polar surface area (TPSA) is 119 Å². The van der Waals surface area contributed by atoms with Gasteiger partial charge in [0.05, 0.1) is 72.0 Å². The lowest BCUT2D eigenvalue weighted by Crippen LogP contribution is -1.98. The fourth-order valence-electron chi connectivity index (χ4n) is 17.4. The third-order valence-electron chi connectivity index (χ3n) is 22.6. The number of nitrogens with zero attached hydrogens (tertiary/aromatic N) is 8. The molecule has 24 aromatic rings. The second kappa shape index (κ2) is 30.1. The molecule has 13 aromatic carbocycles. The summed E-state index contributed by atoms with van der Waals surface area (Å²) in [7, 11) is 0. The van der Waals surface area contributed by atoms with Gasteiger partial charge in [-0.1, -0.05) is 291 Å². The van der Waals surface area contributed by atoms with Crippen LogP contribution in [0.2, 0.25) is 0 Å². The predicted octanol–water partition coefficient (Wildman–Crippen LogP) is 28.6. The Morgan fingerprint density at radius 2 is 0.467 bits per heavy atom. The number of hydrogen-bond acceptors (Lipinski definition) is 8. The largest absolute Gasteiger partial charge is 0.455 e. The van der Waals surface area contributed by atoms with Gasteiger partial charge in [0.25, 0.3) is 0 Å². The van der Waals surface area contributed by atoms with Crippen LogP contribution in [0.25, 0.3) is 217 Å². The van der Waals surface area contributed by atoms with Gasteiger partial charge in [0.2, 0.25) is 0 Å². The SMILES string of the molecule is c1ccc(-c2cccc(-n3c4ccccc4c4c5oc(-c6ccccc6)c(-c6ccccc6)c5ccc43)n2)cc1.c1ccc(-c2oc3c(ccc4c3c3ccccc3n4-c3cccc(-c4ccccn4)n3)c2-c2ccccc2)cc1.c1ccc(-c2oc3c(ccc4c3c3ccccc3n4-c3cccc(-c4ccncc4)n3)c2-c2ccccc2)cc1. The van der Waals surface area contributed by atoms with E-state index in [0.29, 0.717) is 0 Å². The highest BCUT2D eigenvalue weighted by Crippen LogP contribution is 2.50. The third kappa shape index (κ3) is 12.3. The van der Waals surface area contributed by atoms with Crippen LogP contribution in [-0.4, -0.2) is 38.6 Å². The molecule has 120 heavy (non-hydrogen) atoms. The van der Waals surface area contributed by atoms with Crippen LogP contribution >= 0.6 is 0 Å². The lowest BCUT2D eigenvalue weighted by molar-refractivity contribution is 0.635. The van der Waals surface area contributed by atoms with Gasteiger partial charge in [0.15, 0.2) is 0 Å². The third-order valence-corrected chi connectivity index (χ3v) is 22.6. The highest BCUT2D eigenvalue weighted by Gasteiger charge is 2.28. The summed E-state index contributed by atoms with van der Waals surface area (Å²) in [6.07, 6.45) is 5.39. The lowest BCUT2D eigenvalue weighted by Gasteiger charge is -2.09. The molecule has 0 unspecified atom stereocenters. The molecule has 0 spiro atoms. The van der Waals surface area contributed by atoms with Gasteiger partial charge in [0, 0.05) is 95.4 Å². The molecule has 11 heterocycles. The Hall–Kier alpha value is -16.4. The Morgan fingerprint density at radius 3 is 0.808 bits per heavy atom. The van der Waals surface area contributed by atoms with E-state index in [1.54, 1.807) is 18.6 Å². The van der Waals surface area contributed by atoms with E-state index in [1.807, 2.05) is 97.1 Å². The van der Waals surface area contributed by atoms with Crippen molar-refractivity contribution in [3.8, 4) is 119 Å². The molecule has 0 atom stereocenters. The average molecular weight is 1540 g/mol. The van der Waals surface area contributed by atoms with E-state index in [9.17, 15) is 0 Å². The smallest absolute Gasteiger partial charge is 0.145 e. The van der Waals surface area contributed by atoms with E-state index in [2.05, 4.69) is 333 Å². The summed E-state index contributed by atoms with van der Waals surface area (Å²) >= 11 is 0. The van der Waals surface area contributed by atoms with Crippen LogP contribution in [0.5, 0.6) is 0 Å². The first-order chi connectivity index (χ1) is 59.6. The molecule has 564 valence electrons. The predicted molar refractivity (Wildman–Crippen MR) is 490 cm³/mol. The van der Waals surface area contributed by atoms with Crippen molar-refractivity contribution in [3.05, 3.63) is 425 Å². The van der Waals surface area contributed by atoms with Crippen molar-refractivity contribution in [2.75, 3.05) is 0 Å². The molecule has 0 N–H and O–H groups in total. The molecule has 0 aliphatic rings. The molecule has 0 saturated heterocycles. The number of benzene rings is 13. The highest BCUT2D eigenvalue weighted by molar-refractivity contribution is 6.25. The van der Waals surface area contributed by atoms with Gasteiger partial charge in [-0.3, -0.25) is 23.7 Å². The van der Waals surface area contributed by atoms with Crippen LogP contribution in [0.1, 0.15) is 0 Å². The van der Waals surface area contributed by atoms with Crippen molar-refractivity contribution in [1.82, 2.24) is 38.6 Å². The van der Waals surface area contributed by atoms with Crippen molar-refractivity contribution in [2.24, 2.45) is 0 Å². The first-order valence-corrected chi connectivity index (χ1v) is 40.2. The molecule has 0 aliphatic heterocycles. The molecule has 11 aromatic heterocycles. The Labute approximate surface area is 689 Å². The zero-order valence-electron chi connectivity index (χ0n) is 64.7. The minimum Gasteiger partial charge on any atom is -0.455 e. The van der Waals surface area contributed by atoms with Crippen LogP contribution in [0.15, 0.2) is 438 Å². The summed E-state index contributed by atoms with van der Waals surface area (Å²) in [5.74, 6) is 5.22. The van der Waals surface area contributed by atoms with Gasteiger partial charge in [-0.2, -0.15) is 0 Å². The zero-order chi connectivity index (χ0) is 79.4. The van der Waals surface area contributed by atoms with Gasteiger partial charge in [-0.05, 0) is 132 Å². The Kier molecular flexibility index (Phi) is 17.6. The Balaban J connectivity index is 0.000000108. The highest BCUT2D eigenvalue weighted by atomic mass is 16.3. The van der Waals surface area contributed by atoms with Crippen LogP contribution in [0.4, 0.5) is 0 Å². The maximum Gasteiger partial charge on any atom is 0.145 e. The lowest BCUT2D eigenvalue weighted by atomic mass is 9.98. The molecule has 0 amide bonds. The molecular weight excluding hydrogens is 1470 g/mol. The van der Waals surface area contributed by atoms with Crippen LogP contribution in [0.3, 0.4) is 0 Å². The average Bonchev–Trinajstić information content (AvgIpc) is 1.57. The fourth-order valence-corrected chi connectivity index (χ4v) is 17.4. The van der Waals surface area contributed by atoms with E-state index < -0.39 is 0 Å². The number of pyridine rings is 5. The quantitative estimate of drug-likeness (QED) is 0.119. The molecule has 0 radical (unpaired) electrons. The first-order valence-electron chi connectivity index (χ1n) is 40.2. The monoisotopic (exact) mass is 1540 g/mol. The summed E-state index contributed by atoms with van der Waals surface area (Å²) in [5, 5.41) is 9.96. The van der Waals surface area contributed by atoms with Crippen molar-refractivity contribution in [1.29, 1.82) is 0 Å². The maximum atomic E-state index is 6.87. The van der Waals surface area contributed by atoms with E-state index >= 15 is 0 Å². The summed E-state index contributed by atoms with van der Waals surface area (Å²) in [6, 6.07) is 140. The first kappa shape index (κ1) is 70.3. The molecule has 0 fully saturated rings. The molecule has 24 rings (SSSR count).